The summed E-state index contributed by atoms with van der Waals surface area (Å²) in [4.78, 5) is 7.96. The van der Waals surface area contributed by atoms with Gasteiger partial charge in [-0.3, -0.25) is 0 Å². The molecule has 0 bridgehead atoms. The summed E-state index contributed by atoms with van der Waals surface area (Å²) in [7, 11) is 0. The van der Waals surface area contributed by atoms with Crippen LogP contribution in [0.5, 0.6) is 11.6 Å². The summed E-state index contributed by atoms with van der Waals surface area (Å²) in [5.41, 5.74) is 3.36. The van der Waals surface area contributed by atoms with E-state index in [-0.39, 0.29) is 23.0 Å². The van der Waals surface area contributed by atoms with Gasteiger partial charge in [0, 0.05) is 12.3 Å². The number of aromatic nitrogens is 4. The Morgan fingerprint density at radius 2 is 1.53 bits per heavy atom. The number of rotatable bonds is 5. The van der Waals surface area contributed by atoms with Crippen LogP contribution >= 0.6 is 0 Å². The monoisotopic (exact) mass is 404 g/mol. The Kier molecular flexibility index (Phi) is 5.03. The van der Waals surface area contributed by atoms with Crippen molar-refractivity contribution in [2.24, 2.45) is 0 Å². The average Bonchev–Trinajstić information content (AvgIpc) is 3.17. The minimum absolute atomic E-state index is 0.101. The molecule has 30 heavy (non-hydrogen) atoms. The Hall–Kier alpha value is -3.61. The summed E-state index contributed by atoms with van der Waals surface area (Å²) in [6.07, 6.45) is 1.02. The normalized spacial score (nSPS) is 11.5. The van der Waals surface area contributed by atoms with Crippen molar-refractivity contribution < 1.29 is 13.5 Å². The second-order valence-corrected chi connectivity index (χ2v) is 7.59. The molecule has 0 aliphatic rings. The van der Waals surface area contributed by atoms with E-state index in [1.54, 1.807) is 19.1 Å². The third kappa shape index (κ3) is 3.91. The standard InChI is InChI=1S/C23H21FN4O2/c1-14-5-7-16(8-6-14)23(3,4)17-9-11-18(12-10-17)30-21-19(24)13-25-20(26-21)22-28-27-15(2)29-22/h5-13H,1-4H3. The first-order chi connectivity index (χ1) is 14.3. The Morgan fingerprint density at radius 3 is 2.13 bits per heavy atom. The number of aryl methyl sites for hydroxylation is 2. The fourth-order valence-electron chi connectivity index (χ4n) is 3.10. The van der Waals surface area contributed by atoms with Crippen molar-refractivity contribution in [3.05, 3.63) is 83.1 Å². The van der Waals surface area contributed by atoms with Crippen molar-refractivity contribution in [1.82, 2.24) is 20.2 Å². The molecule has 0 radical (unpaired) electrons. The van der Waals surface area contributed by atoms with Crippen LogP contribution in [-0.2, 0) is 5.41 Å². The highest BCUT2D eigenvalue weighted by Gasteiger charge is 2.23. The maximum Gasteiger partial charge on any atom is 0.285 e. The van der Waals surface area contributed by atoms with Gasteiger partial charge in [0.15, 0.2) is 0 Å². The summed E-state index contributed by atoms with van der Waals surface area (Å²) in [5, 5.41) is 7.58. The van der Waals surface area contributed by atoms with E-state index in [1.807, 2.05) is 12.1 Å². The Morgan fingerprint density at radius 1 is 0.900 bits per heavy atom. The molecule has 0 aliphatic carbocycles. The number of nitrogens with zero attached hydrogens (tertiary/aromatic N) is 4. The summed E-state index contributed by atoms with van der Waals surface area (Å²) in [5.74, 6) is 0.146. The van der Waals surface area contributed by atoms with Crippen LogP contribution in [-0.4, -0.2) is 20.2 Å². The lowest BCUT2D eigenvalue weighted by molar-refractivity contribution is 0.418. The molecular formula is C23H21FN4O2. The number of hydrogen-bond acceptors (Lipinski definition) is 6. The summed E-state index contributed by atoms with van der Waals surface area (Å²) in [6, 6.07) is 16.0. The maximum absolute atomic E-state index is 14.2. The van der Waals surface area contributed by atoms with Gasteiger partial charge in [0.2, 0.25) is 17.5 Å². The molecule has 0 N–H and O–H groups in total. The van der Waals surface area contributed by atoms with Crippen molar-refractivity contribution in [3.63, 3.8) is 0 Å². The Bertz CT molecular complexity index is 1170. The van der Waals surface area contributed by atoms with Gasteiger partial charge in [-0.2, -0.15) is 9.37 Å². The first-order valence-electron chi connectivity index (χ1n) is 9.51. The van der Waals surface area contributed by atoms with Gasteiger partial charge < -0.3 is 9.15 Å². The van der Waals surface area contributed by atoms with E-state index in [0.29, 0.717) is 11.6 Å². The van der Waals surface area contributed by atoms with Crippen LogP contribution in [0, 0.1) is 19.7 Å². The molecule has 0 fully saturated rings. The summed E-state index contributed by atoms with van der Waals surface area (Å²) >= 11 is 0. The van der Waals surface area contributed by atoms with Crippen LogP contribution in [0.4, 0.5) is 4.39 Å². The number of halogens is 1. The highest BCUT2D eigenvalue weighted by Crippen LogP contribution is 2.33. The van der Waals surface area contributed by atoms with Crippen LogP contribution < -0.4 is 4.74 Å². The summed E-state index contributed by atoms with van der Waals surface area (Å²) in [6.45, 7) is 8.05. The minimum atomic E-state index is -0.681. The van der Waals surface area contributed by atoms with E-state index in [0.717, 1.165) is 11.8 Å². The third-order valence-corrected chi connectivity index (χ3v) is 4.99. The molecule has 0 spiro atoms. The molecule has 2 aromatic heterocycles. The van der Waals surface area contributed by atoms with Gasteiger partial charge in [-0.15, -0.1) is 10.2 Å². The van der Waals surface area contributed by atoms with Crippen LogP contribution in [0.2, 0.25) is 0 Å². The van der Waals surface area contributed by atoms with Gasteiger partial charge in [-0.25, -0.2) is 4.98 Å². The molecule has 2 aromatic carbocycles. The molecule has 7 heteroatoms. The van der Waals surface area contributed by atoms with E-state index < -0.39 is 5.82 Å². The van der Waals surface area contributed by atoms with E-state index in [4.69, 9.17) is 9.15 Å². The van der Waals surface area contributed by atoms with Gasteiger partial charge in [-0.1, -0.05) is 55.8 Å². The highest BCUT2D eigenvalue weighted by molar-refractivity contribution is 5.43. The molecule has 0 amide bonds. The topological polar surface area (TPSA) is 73.9 Å². The lowest BCUT2D eigenvalue weighted by Gasteiger charge is -2.26. The van der Waals surface area contributed by atoms with Gasteiger partial charge in [0.05, 0.1) is 6.20 Å². The number of ether oxygens (including phenoxy) is 1. The van der Waals surface area contributed by atoms with Crippen molar-refractivity contribution in [2.75, 3.05) is 0 Å². The molecule has 0 atom stereocenters. The first kappa shape index (κ1) is 19.7. The van der Waals surface area contributed by atoms with Crippen molar-refractivity contribution in [2.45, 2.75) is 33.1 Å². The Balaban J connectivity index is 1.57. The second kappa shape index (κ2) is 7.67. The van der Waals surface area contributed by atoms with Crippen LogP contribution in [0.3, 0.4) is 0 Å². The largest absolute Gasteiger partial charge is 0.436 e. The van der Waals surface area contributed by atoms with E-state index in [1.165, 1.54) is 11.1 Å². The maximum atomic E-state index is 14.2. The fourth-order valence-corrected chi connectivity index (χ4v) is 3.10. The predicted molar refractivity (Wildman–Crippen MR) is 110 cm³/mol. The zero-order valence-electron chi connectivity index (χ0n) is 17.2. The highest BCUT2D eigenvalue weighted by atomic mass is 19.1. The lowest BCUT2D eigenvalue weighted by atomic mass is 9.78. The fraction of sp³-hybridized carbons (Fsp3) is 0.217. The quantitative estimate of drug-likeness (QED) is 0.443. The SMILES string of the molecule is Cc1ccc(C(C)(C)c2ccc(Oc3nc(-c4nnc(C)o4)ncc3F)cc2)cc1. The molecule has 4 rings (SSSR count). The van der Waals surface area contributed by atoms with E-state index in [9.17, 15) is 4.39 Å². The number of benzene rings is 2. The molecule has 4 aromatic rings. The van der Waals surface area contributed by atoms with Gasteiger partial charge >= 0.3 is 0 Å². The zero-order valence-corrected chi connectivity index (χ0v) is 17.2. The van der Waals surface area contributed by atoms with E-state index in [2.05, 4.69) is 65.2 Å². The van der Waals surface area contributed by atoms with Crippen molar-refractivity contribution in [3.8, 4) is 23.3 Å². The molecule has 0 saturated heterocycles. The van der Waals surface area contributed by atoms with Gasteiger partial charge in [0.25, 0.3) is 11.8 Å². The van der Waals surface area contributed by atoms with Crippen molar-refractivity contribution in [1.29, 1.82) is 0 Å². The molecule has 0 aliphatic heterocycles. The smallest absolute Gasteiger partial charge is 0.285 e. The minimum Gasteiger partial charge on any atom is -0.436 e. The average molecular weight is 404 g/mol. The third-order valence-electron chi connectivity index (χ3n) is 4.99. The molecule has 0 saturated carbocycles. The molecule has 0 unspecified atom stereocenters. The molecule has 6 nitrogen and oxygen atoms in total. The van der Waals surface area contributed by atoms with Gasteiger partial charge in [0.1, 0.15) is 5.75 Å². The molecular weight excluding hydrogens is 383 g/mol. The Labute approximate surface area is 173 Å². The molecule has 152 valence electrons. The zero-order chi connectivity index (χ0) is 21.3. The van der Waals surface area contributed by atoms with Crippen LogP contribution in [0.25, 0.3) is 11.7 Å². The van der Waals surface area contributed by atoms with Gasteiger partial charge in [-0.05, 0) is 30.2 Å². The van der Waals surface area contributed by atoms with Crippen LogP contribution in [0.1, 0.15) is 36.4 Å². The van der Waals surface area contributed by atoms with Crippen molar-refractivity contribution >= 4 is 0 Å². The number of hydrogen-bond donors (Lipinski definition) is 0. The predicted octanol–water partition coefficient (Wildman–Crippen LogP) is 5.40. The lowest BCUT2D eigenvalue weighted by Crippen LogP contribution is -2.18. The molecule has 2 heterocycles. The van der Waals surface area contributed by atoms with E-state index >= 15 is 0 Å². The first-order valence-corrected chi connectivity index (χ1v) is 9.51. The summed E-state index contributed by atoms with van der Waals surface area (Å²) < 4.78 is 25.1. The second-order valence-electron chi connectivity index (χ2n) is 7.59. The van der Waals surface area contributed by atoms with Crippen LogP contribution in [0.15, 0.2) is 59.1 Å².